The molecule has 1 heterocycles. The van der Waals surface area contributed by atoms with E-state index in [9.17, 15) is 0 Å². The van der Waals surface area contributed by atoms with E-state index < -0.39 is 0 Å². The molecule has 0 spiro atoms. The first-order chi connectivity index (χ1) is 10.2. The Morgan fingerprint density at radius 3 is 2.62 bits per heavy atom. The number of benzene rings is 2. The topological polar surface area (TPSA) is 21.3 Å². The van der Waals surface area contributed by atoms with E-state index in [4.69, 9.17) is 4.74 Å². The lowest BCUT2D eigenvalue weighted by Crippen LogP contribution is -2.35. The van der Waals surface area contributed by atoms with Crippen molar-refractivity contribution in [3.8, 4) is 5.75 Å². The lowest BCUT2D eigenvalue weighted by Gasteiger charge is -2.34. The summed E-state index contributed by atoms with van der Waals surface area (Å²) in [6, 6.07) is 17.6. The minimum absolute atomic E-state index is 0.324. The summed E-state index contributed by atoms with van der Waals surface area (Å²) >= 11 is 0. The van der Waals surface area contributed by atoms with Crippen molar-refractivity contribution in [2.75, 3.05) is 6.61 Å². The van der Waals surface area contributed by atoms with Crippen LogP contribution in [0.4, 0.5) is 0 Å². The second kappa shape index (κ2) is 5.90. The molecule has 21 heavy (non-hydrogen) atoms. The zero-order valence-corrected chi connectivity index (χ0v) is 13.0. The van der Waals surface area contributed by atoms with Crippen LogP contribution in [-0.2, 0) is 0 Å². The van der Waals surface area contributed by atoms with E-state index in [1.54, 1.807) is 0 Å². The highest BCUT2D eigenvalue weighted by Crippen LogP contribution is 2.36. The second-order valence-electron chi connectivity index (χ2n) is 6.05. The maximum Gasteiger partial charge on any atom is 0.124 e. The third-order valence-corrected chi connectivity index (χ3v) is 4.41. The number of ether oxygens (including phenoxy) is 1. The van der Waals surface area contributed by atoms with Gasteiger partial charge in [-0.05, 0) is 31.0 Å². The number of hydrogen-bond acceptors (Lipinski definition) is 2. The molecule has 0 fully saturated rings. The first-order valence-electron chi connectivity index (χ1n) is 7.70. The smallest absolute Gasteiger partial charge is 0.124 e. The normalized spacial score (nSPS) is 22.2. The van der Waals surface area contributed by atoms with E-state index >= 15 is 0 Å². The molecule has 0 aliphatic carbocycles. The summed E-state index contributed by atoms with van der Waals surface area (Å²) in [5.74, 6) is 1.48. The molecule has 0 aromatic heterocycles. The molecule has 3 rings (SSSR count). The molecule has 1 aliphatic rings. The Balaban J connectivity index is 1.86. The third kappa shape index (κ3) is 2.81. The van der Waals surface area contributed by atoms with Crippen LogP contribution in [0.2, 0.25) is 0 Å². The lowest BCUT2D eigenvalue weighted by atomic mass is 9.90. The quantitative estimate of drug-likeness (QED) is 0.899. The summed E-state index contributed by atoms with van der Waals surface area (Å²) in [4.78, 5) is 0. The van der Waals surface area contributed by atoms with Crippen molar-refractivity contribution < 1.29 is 4.74 Å². The van der Waals surface area contributed by atoms with Crippen molar-refractivity contribution in [1.82, 2.24) is 5.32 Å². The van der Waals surface area contributed by atoms with E-state index in [1.807, 2.05) is 6.07 Å². The van der Waals surface area contributed by atoms with Gasteiger partial charge in [0, 0.05) is 23.6 Å². The molecule has 3 atom stereocenters. The lowest BCUT2D eigenvalue weighted by molar-refractivity contribution is 0.182. The minimum Gasteiger partial charge on any atom is -0.493 e. The van der Waals surface area contributed by atoms with Gasteiger partial charge < -0.3 is 10.1 Å². The number of para-hydroxylation sites is 1. The maximum atomic E-state index is 5.84. The Morgan fingerprint density at radius 1 is 1.10 bits per heavy atom. The molecule has 2 aromatic carbocycles. The van der Waals surface area contributed by atoms with E-state index in [2.05, 4.69) is 68.6 Å². The Kier molecular flexibility index (Phi) is 3.98. The summed E-state index contributed by atoms with van der Waals surface area (Å²) in [5.41, 5.74) is 3.98. The molecule has 0 saturated heterocycles. The first-order valence-corrected chi connectivity index (χ1v) is 7.70. The van der Waals surface area contributed by atoms with Gasteiger partial charge in [-0.25, -0.2) is 0 Å². The van der Waals surface area contributed by atoms with Crippen molar-refractivity contribution in [3.05, 3.63) is 65.2 Å². The van der Waals surface area contributed by atoms with Gasteiger partial charge >= 0.3 is 0 Å². The molecule has 0 amide bonds. The molecule has 1 aliphatic heterocycles. The van der Waals surface area contributed by atoms with Crippen molar-refractivity contribution in [2.45, 2.75) is 32.9 Å². The van der Waals surface area contributed by atoms with Gasteiger partial charge in [-0.2, -0.15) is 0 Å². The molecule has 0 saturated carbocycles. The Morgan fingerprint density at radius 2 is 1.81 bits per heavy atom. The van der Waals surface area contributed by atoms with Crippen molar-refractivity contribution in [1.29, 1.82) is 0 Å². The van der Waals surface area contributed by atoms with Crippen LogP contribution in [0, 0.1) is 12.8 Å². The third-order valence-electron chi connectivity index (χ3n) is 4.41. The fourth-order valence-corrected chi connectivity index (χ4v) is 3.18. The van der Waals surface area contributed by atoms with Gasteiger partial charge in [-0.3, -0.25) is 0 Å². The highest BCUT2D eigenvalue weighted by molar-refractivity contribution is 5.38. The first kappa shape index (κ1) is 14.2. The van der Waals surface area contributed by atoms with Gasteiger partial charge in [0.2, 0.25) is 0 Å². The van der Waals surface area contributed by atoms with Crippen LogP contribution >= 0.6 is 0 Å². The van der Waals surface area contributed by atoms with Gasteiger partial charge in [-0.15, -0.1) is 0 Å². The van der Waals surface area contributed by atoms with Gasteiger partial charge in [0.05, 0.1) is 6.61 Å². The van der Waals surface area contributed by atoms with Crippen LogP contribution in [0.15, 0.2) is 48.5 Å². The number of hydrogen-bond donors (Lipinski definition) is 1. The molecular weight excluding hydrogens is 258 g/mol. The summed E-state index contributed by atoms with van der Waals surface area (Å²) in [6.07, 6.45) is 0. The molecule has 2 heteroatoms. The van der Waals surface area contributed by atoms with Crippen LogP contribution in [0.1, 0.15) is 42.6 Å². The summed E-state index contributed by atoms with van der Waals surface area (Å²) < 4.78 is 5.84. The highest BCUT2D eigenvalue weighted by Gasteiger charge is 2.28. The minimum atomic E-state index is 0.324. The average molecular weight is 281 g/mol. The molecule has 0 radical (unpaired) electrons. The largest absolute Gasteiger partial charge is 0.493 e. The molecule has 110 valence electrons. The fraction of sp³-hybridized carbons (Fsp3) is 0.368. The zero-order chi connectivity index (χ0) is 14.8. The van der Waals surface area contributed by atoms with Crippen molar-refractivity contribution in [2.24, 2.45) is 5.92 Å². The van der Waals surface area contributed by atoms with E-state index in [-0.39, 0.29) is 0 Å². The van der Waals surface area contributed by atoms with E-state index in [0.29, 0.717) is 18.0 Å². The zero-order valence-electron chi connectivity index (χ0n) is 13.0. The van der Waals surface area contributed by atoms with Gasteiger partial charge in [0.1, 0.15) is 5.75 Å². The average Bonchev–Trinajstić information content (AvgIpc) is 2.50. The number of rotatable bonds is 3. The Bertz CT molecular complexity index is 622. The Labute approximate surface area is 127 Å². The highest BCUT2D eigenvalue weighted by atomic mass is 16.5. The maximum absolute atomic E-state index is 5.84. The van der Waals surface area contributed by atoms with Gasteiger partial charge in [0.15, 0.2) is 0 Å². The van der Waals surface area contributed by atoms with Gasteiger partial charge in [0.25, 0.3) is 0 Å². The number of fused-ring (bicyclic) bond motifs is 1. The Hall–Kier alpha value is -1.80. The van der Waals surface area contributed by atoms with Crippen LogP contribution in [0.3, 0.4) is 0 Å². The SMILES string of the molecule is Cc1ccccc1C(C)NC1c2ccccc2OCC1C. The van der Waals surface area contributed by atoms with Crippen molar-refractivity contribution in [3.63, 3.8) is 0 Å². The molecule has 0 bridgehead atoms. The molecular formula is C19H23NO. The molecule has 3 unspecified atom stereocenters. The summed E-state index contributed by atoms with van der Waals surface area (Å²) in [6.45, 7) is 7.44. The van der Waals surface area contributed by atoms with Gasteiger partial charge in [-0.1, -0.05) is 49.4 Å². The predicted octanol–water partition coefficient (Wildman–Crippen LogP) is 4.42. The number of nitrogens with one attached hydrogen (secondary N) is 1. The summed E-state index contributed by atoms with van der Waals surface area (Å²) in [5, 5.41) is 3.80. The van der Waals surface area contributed by atoms with Crippen molar-refractivity contribution >= 4 is 0 Å². The molecule has 1 N–H and O–H groups in total. The van der Waals surface area contributed by atoms with E-state index in [1.165, 1.54) is 16.7 Å². The summed E-state index contributed by atoms with van der Waals surface area (Å²) in [7, 11) is 0. The van der Waals surface area contributed by atoms with Crippen LogP contribution in [0.25, 0.3) is 0 Å². The molecule has 2 nitrogen and oxygen atoms in total. The fourth-order valence-electron chi connectivity index (χ4n) is 3.18. The number of aryl methyl sites for hydroxylation is 1. The monoisotopic (exact) mass is 281 g/mol. The second-order valence-corrected chi connectivity index (χ2v) is 6.05. The predicted molar refractivity (Wildman–Crippen MR) is 86.6 cm³/mol. The van der Waals surface area contributed by atoms with Crippen LogP contribution in [-0.4, -0.2) is 6.61 Å². The van der Waals surface area contributed by atoms with E-state index in [0.717, 1.165) is 12.4 Å². The molecule has 2 aromatic rings. The van der Waals surface area contributed by atoms with Crippen LogP contribution in [0.5, 0.6) is 5.75 Å². The standard InChI is InChI=1S/C19H23NO/c1-13-8-4-5-9-16(13)15(3)20-19-14(2)12-21-18-11-7-6-10-17(18)19/h4-11,14-15,19-20H,12H2,1-3H3. The van der Waals surface area contributed by atoms with Crippen LogP contribution < -0.4 is 10.1 Å².